The monoisotopic (exact) mass is 364 g/mol. The number of halogens is 3. The van der Waals surface area contributed by atoms with E-state index in [0.29, 0.717) is 24.5 Å². The molecule has 1 aromatic carbocycles. The summed E-state index contributed by atoms with van der Waals surface area (Å²) in [4.78, 5) is 26.9. The minimum atomic E-state index is -4.40. The second-order valence-electron chi connectivity index (χ2n) is 5.66. The summed E-state index contributed by atoms with van der Waals surface area (Å²) in [5, 5.41) is 3.72. The largest absolute Gasteiger partial charge is 0.416 e. The predicted octanol–water partition coefficient (Wildman–Crippen LogP) is 3.05. The van der Waals surface area contributed by atoms with Gasteiger partial charge in [0.05, 0.1) is 17.7 Å². The van der Waals surface area contributed by atoms with Crippen molar-refractivity contribution in [3.8, 4) is 0 Å². The molecular weight excluding hydrogens is 349 g/mol. The number of oxime groups is 1. The molecule has 1 atom stereocenters. The van der Waals surface area contributed by atoms with Gasteiger partial charge >= 0.3 is 6.18 Å². The Morgan fingerprint density at radius 2 is 2.04 bits per heavy atom. The van der Waals surface area contributed by atoms with Crippen molar-refractivity contribution in [1.82, 2.24) is 9.97 Å². The van der Waals surface area contributed by atoms with E-state index in [1.54, 1.807) is 18.5 Å². The molecule has 1 aromatic heterocycles. The standard InChI is InChI=1S/C17H15F3N4O2/c18-17(19,20)14-4-1-3-12(9-14)11-26-23-10-13-5-8-24(15(13)25)16-21-6-2-7-22-16/h1-4,6-7,9-10,13H,5,8,11H2. The normalized spacial score (nSPS) is 17.9. The predicted molar refractivity (Wildman–Crippen MR) is 87.2 cm³/mol. The molecule has 0 spiro atoms. The zero-order chi connectivity index (χ0) is 18.6. The maximum Gasteiger partial charge on any atom is 0.416 e. The van der Waals surface area contributed by atoms with Gasteiger partial charge in [-0.3, -0.25) is 9.69 Å². The lowest BCUT2D eigenvalue weighted by Crippen LogP contribution is -2.29. The quantitative estimate of drug-likeness (QED) is 0.604. The molecule has 26 heavy (non-hydrogen) atoms. The van der Waals surface area contributed by atoms with Gasteiger partial charge in [-0.1, -0.05) is 17.3 Å². The van der Waals surface area contributed by atoms with Crippen molar-refractivity contribution in [1.29, 1.82) is 0 Å². The smallest absolute Gasteiger partial charge is 0.391 e. The summed E-state index contributed by atoms with van der Waals surface area (Å²) in [6, 6.07) is 6.48. The topological polar surface area (TPSA) is 67.7 Å². The molecule has 1 aliphatic rings. The third-order valence-corrected chi connectivity index (χ3v) is 3.84. The Morgan fingerprint density at radius 1 is 1.27 bits per heavy atom. The van der Waals surface area contributed by atoms with Gasteiger partial charge in [0.1, 0.15) is 6.61 Å². The van der Waals surface area contributed by atoms with E-state index >= 15 is 0 Å². The second-order valence-corrected chi connectivity index (χ2v) is 5.66. The van der Waals surface area contributed by atoms with Gasteiger partial charge in [-0.25, -0.2) is 9.97 Å². The van der Waals surface area contributed by atoms with Crippen LogP contribution in [0.25, 0.3) is 0 Å². The molecule has 1 unspecified atom stereocenters. The van der Waals surface area contributed by atoms with Gasteiger partial charge in [0.2, 0.25) is 11.9 Å². The fraction of sp³-hybridized carbons (Fsp3) is 0.294. The Kier molecular flexibility index (Phi) is 5.15. The molecule has 9 heteroatoms. The molecule has 2 heterocycles. The van der Waals surface area contributed by atoms with E-state index in [9.17, 15) is 18.0 Å². The molecule has 1 fully saturated rings. The number of amides is 1. The first-order chi connectivity index (χ1) is 12.4. The Hall–Kier alpha value is -2.97. The van der Waals surface area contributed by atoms with E-state index in [0.717, 1.165) is 12.1 Å². The van der Waals surface area contributed by atoms with Gasteiger partial charge in [0.25, 0.3) is 0 Å². The van der Waals surface area contributed by atoms with Crippen LogP contribution in [0.15, 0.2) is 47.9 Å². The summed E-state index contributed by atoms with van der Waals surface area (Å²) in [5.74, 6) is -0.332. The number of hydrogen-bond donors (Lipinski definition) is 0. The lowest BCUT2D eigenvalue weighted by molar-refractivity contribution is -0.137. The zero-order valence-corrected chi connectivity index (χ0v) is 13.6. The van der Waals surface area contributed by atoms with Crippen LogP contribution in [0.3, 0.4) is 0 Å². The lowest BCUT2D eigenvalue weighted by atomic mass is 10.1. The first-order valence-electron chi connectivity index (χ1n) is 7.85. The number of anilines is 1. The van der Waals surface area contributed by atoms with E-state index in [-0.39, 0.29) is 12.5 Å². The minimum Gasteiger partial charge on any atom is -0.391 e. The number of nitrogens with zero attached hydrogens (tertiary/aromatic N) is 4. The van der Waals surface area contributed by atoms with Crippen molar-refractivity contribution in [3.63, 3.8) is 0 Å². The average Bonchev–Trinajstić information content (AvgIpc) is 3.00. The summed E-state index contributed by atoms with van der Waals surface area (Å²) in [5.41, 5.74) is -0.402. The van der Waals surface area contributed by atoms with Crippen LogP contribution in [0.5, 0.6) is 0 Å². The van der Waals surface area contributed by atoms with Crippen molar-refractivity contribution >= 4 is 18.1 Å². The Morgan fingerprint density at radius 3 is 2.77 bits per heavy atom. The molecule has 3 rings (SSSR count). The van der Waals surface area contributed by atoms with Crippen LogP contribution in [-0.4, -0.2) is 28.6 Å². The molecule has 0 radical (unpaired) electrons. The molecule has 6 nitrogen and oxygen atoms in total. The van der Waals surface area contributed by atoms with Gasteiger partial charge in [0, 0.05) is 18.9 Å². The molecule has 136 valence electrons. The molecule has 2 aromatic rings. The van der Waals surface area contributed by atoms with Crippen LogP contribution < -0.4 is 4.90 Å². The highest BCUT2D eigenvalue weighted by Crippen LogP contribution is 2.29. The van der Waals surface area contributed by atoms with Crippen molar-refractivity contribution < 1.29 is 22.8 Å². The van der Waals surface area contributed by atoms with E-state index < -0.39 is 17.7 Å². The Balaban J connectivity index is 1.54. The maximum atomic E-state index is 12.7. The first-order valence-corrected chi connectivity index (χ1v) is 7.85. The molecule has 1 amide bonds. The average molecular weight is 364 g/mol. The van der Waals surface area contributed by atoms with Crippen LogP contribution in [-0.2, 0) is 22.4 Å². The Labute approximate surface area is 147 Å². The Bertz CT molecular complexity index is 796. The van der Waals surface area contributed by atoms with Gasteiger partial charge in [-0.05, 0) is 30.2 Å². The van der Waals surface area contributed by atoms with Gasteiger partial charge in [-0.15, -0.1) is 0 Å². The van der Waals surface area contributed by atoms with Crippen LogP contribution in [0.4, 0.5) is 19.1 Å². The van der Waals surface area contributed by atoms with E-state index in [1.807, 2.05) is 0 Å². The van der Waals surface area contributed by atoms with Crippen molar-refractivity contribution in [2.75, 3.05) is 11.4 Å². The fourth-order valence-corrected chi connectivity index (χ4v) is 2.54. The second kappa shape index (κ2) is 7.51. The highest BCUT2D eigenvalue weighted by molar-refractivity contribution is 6.04. The third kappa shape index (κ3) is 4.16. The summed E-state index contributed by atoms with van der Waals surface area (Å²) < 4.78 is 38.0. The summed E-state index contributed by atoms with van der Waals surface area (Å²) in [6.45, 7) is 0.347. The molecule has 0 N–H and O–H groups in total. The van der Waals surface area contributed by atoms with Crippen LogP contribution in [0.2, 0.25) is 0 Å². The highest BCUT2D eigenvalue weighted by Gasteiger charge is 2.33. The number of benzene rings is 1. The van der Waals surface area contributed by atoms with Crippen LogP contribution in [0.1, 0.15) is 17.5 Å². The van der Waals surface area contributed by atoms with Crippen molar-refractivity contribution in [3.05, 3.63) is 53.9 Å². The summed E-state index contributed by atoms with van der Waals surface area (Å²) >= 11 is 0. The molecule has 1 saturated heterocycles. The van der Waals surface area contributed by atoms with Crippen molar-refractivity contribution in [2.45, 2.75) is 19.2 Å². The van der Waals surface area contributed by atoms with Gasteiger partial charge < -0.3 is 4.84 Å². The third-order valence-electron chi connectivity index (χ3n) is 3.84. The van der Waals surface area contributed by atoms with Crippen LogP contribution >= 0.6 is 0 Å². The van der Waals surface area contributed by atoms with E-state index in [2.05, 4.69) is 15.1 Å². The fourth-order valence-electron chi connectivity index (χ4n) is 2.54. The number of rotatable bonds is 5. The molecule has 0 aliphatic carbocycles. The number of aromatic nitrogens is 2. The molecule has 1 aliphatic heterocycles. The van der Waals surface area contributed by atoms with Gasteiger partial charge in [0.15, 0.2) is 0 Å². The number of carbonyl (C=O) groups is 1. The SMILES string of the molecule is O=C1C(C=NOCc2cccc(C(F)(F)F)c2)CCN1c1ncccn1. The van der Waals surface area contributed by atoms with E-state index in [4.69, 9.17) is 4.84 Å². The van der Waals surface area contributed by atoms with Crippen molar-refractivity contribution in [2.24, 2.45) is 11.1 Å². The molecule has 0 bridgehead atoms. The molecular formula is C17H15F3N4O2. The number of alkyl halides is 3. The highest BCUT2D eigenvalue weighted by atomic mass is 19.4. The maximum absolute atomic E-state index is 12.7. The summed E-state index contributed by atoms with van der Waals surface area (Å²) in [6.07, 6.45) is 0.593. The minimum absolute atomic E-state index is 0.118. The van der Waals surface area contributed by atoms with E-state index in [1.165, 1.54) is 23.2 Å². The van der Waals surface area contributed by atoms with Gasteiger partial charge in [-0.2, -0.15) is 13.2 Å². The first kappa shape index (κ1) is 17.8. The molecule has 0 saturated carbocycles. The van der Waals surface area contributed by atoms with Crippen LogP contribution in [0, 0.1) is 5.92 Å². The number of carbonyl (C=O) groups excluding carboxylic acids is 1. The zero-order valence-electron chi connectivity index (χ0n) is 13.6. The summed E-state index contributed by atoms with van der Waals surface area (Å²) in [7, 11) is 0. The lowest BCUT2D eigenvalue weighted by Gasteiger charge is -2.12. The number of hydrogen-bond acceptors (Lipinski definition) is 5.